The Balaban J connectivity index is 1.12. The molecule has 1 aliphatic carbocycles. The number of alkyl halides is 3. The van der Waals surface area contributed by atoms with Gasteiger partial charge in [0.1, 0.15) is 18.7 Å². The molecule has 0 bridgehead atoms. The lowest BCUT2D eigenvalue weighted by atomic mass is 9.87. The molecule has 57 heavy (non-hydrogen) atoms. The molecular weight excluding hydrogens is 736 g/mol. The molecule has 0 aromatic heterocycles. The number of nitrogens with one attached hydrogen (secondary N) is 1. The summed E-state index contributed by atoms with van der Waals surface area (Å²) in [5.41, 5.74) is 1.02. The summed E-state index contributed by atoms with van der Waals surface area (Å²) in [4.78, 5) is 62.8. The van der Waals surface area contributed by atoms with Crippen LogP contribution in [0.15, 0.2) is 91.0 Å². The average Bonchev–Trinajstić information content (AvgIpc) is 3.60. The second kappa shape index (κ2) is 18.0. The summed E-state index contributed by atoms with van der Waals surface area (Å²) in [5, 5.41) is 2.76. The van der Waals surface area contributed by atoms with Gasteiger partial charge in [0.05, 0.1) is 17.6 Å². The molecule has 4 atom stereocenters. The Bertz CT molecular complexity index is 1900. The molecule has 13 heteroatoms. The quantitative estimate of drug-likeness (QED) is 0.194. The molecule has 4 aliphatic rings. The first-order valence-corrected chi connectivity index (χ1v) is 20.1. The zero-order chi connectivity index (χ0) is 39.9. The Morgan fingerprint density at radius 2 is 1.58 bits per heavy atom. The standard InChI is InChI=1S/C44H50F3N5O5/c45-44(46,47)35-18-10-15-33(27-35)28-48-41(54)37(21-22-39(53)50-25-23-49(24-26-50)29-32-13-6-2-7-14-32)51-36(20-19-31-11-4-1-5-12-31)40(42(51)55)52-38(30-57-43(52)56)34-16-8-3-9-17-34/h1,3-5,8-12,15-20,27,32,36-38,40H,2,6-7,13-14,21-26,28-30H2,(H,48,54)/b20-19+/t36-,37-,38-,40+/m1/s1. The van der Waals surface area contributed by atoms with Gasteiger partial charge in [-0.05, 0) is 54.0 Å². The maximum Gasteiger partial charge on any atom is 0.416 e. The predicted octanol–water partition coefficient (Wildman–Crippen LogP) is 6.68. The number of rotatable bonds is 13. The zero-order valence-corrected chi connectivity index (χ0v) is 32.0. The van der Waals surface area contributed by atoms with Crippen LogP contribution in [0.2, 0.25) is 0 Å². The van der Waals surface area contributed by atoms with Crippen molar-refractivity contribution in [1.82, 2.24) is 24.9 Å². The van der Waals surface area contributed by atoms with Crippen LogP contribution >= 0.6 is 0 Å². The van der Waals surface area contributed by atoms with E-state index in [0.717, 1.165) is 42.9 Å². The SMILES string of the molecule is O=C(NCc1cccc(C(F)(F)F)c1)[C@@H](CCC(=O)N1CCN(CC2CCCCC2)CC1)N1C(=O)[C@@H](N2C(=O)OC[C@@H]2c2ccccc2)[C@H]1/C=C/c1ccccc1. The maximum absolute atomic E-state index is 14.5. The first-order valence-electron chi connectivity index (χ1n) is 20.1. The number of amides is 4. The number of benzene rings is 3. The highest BCUT2D eigenvalue weighted by Gasteiger charge is 2.58. The number of halogens is 3. The summed E-state index contributed by atoms with van der Waals surface area (Å²) in [5.74, 6) is -0.522. The molecule has 3 aromatic carbocycles. The Hall–Kier alpha value is -5.17. The number of nitrogens with zero attached hydrogens (tertiary/aromatic N) is 4. The van der Waals surface area contributed by atoms with Crippen LogP contribution in [0, 0.1) is 5.92 Å². The molecule has 0 radical (unpaired) electrons. The van der Waals surface area contributed by atoms with E-state index in [4.69, 9.17) is 4.74 Å². The maximum atomic E-state index is 14.5. The summed E-state index contributed by atoms with van der Waals surface area (Å²) in [6.45, 7) is 3.56. The minimum Gasteiger partial charge on any atom is -0.447 e. The molecule has 4 fully saturated rings. The molecule has 4 amide bonds. The van der Waals surface area contributed by atoms with Gasteiger partial charge >= 0.3 is 12.3 Å². The molecule has 0 unspecified atom stereocenters. The molecule has 3 aromatic rings. The van der Waals surface area contributed by atoms with E-state index >= 15 is 0 Å². The first-order chi connectivity index (χ1) is 27.6. The fourth-order valence-electron chi connectivity index (χ4n) is 8.70. The van der Waals surface area contributed by atoms with Gasteiger partial charge in [0.25, 0.3) is 0 Å². The highest BCUT2D eigenvalue weighted by Crippen LogP contribution is 2.39. The molecule has 3 saturated heterocycles. The van der Waals surface area contributed by atoms with E-state index in [2.05, 4.69) is 10.2 Å². The van der Waals surface area contributed by atoms with E-state index in [1.165, 1.54) is 54.0 Å². The van der Waals surface area contributed by atoms with Crippen LogP contribution < -0.4 is 5.32 Å². The molecule has 302 valence electrons. The minimum absolute atomic E-state index is 0.0176. The van der Waals surface area contributed by atoms with E-state index in [1.54, 1.807) is 6.08 Å². The van der Waals surface area contributed by atoms with E-state index in [0.29, 0.717) is 19.0 Å². The van der Waals surface area contributed by atoms with E-state index in [-0.39, 0.29) is 37.5 Å². The van der Waals surface area contributed by atoms with Crippen LogP contribution in [0.3, 0.4) is 0 Å². The molecule has 7 rings (SSSR count). The summed E-state index contributed by atoms with van der Waals surface area (Å²) in [6.07, 6.45) is 4.71. The van der Waals surface area contributed by atoms with Crippen molar-refractivity contribution in [3.05, 3.63) is 113 Å². The number of piperazine rings is 1. The van der Waals surface area contributed by atoms with Crippen molar-refractivity contribution in [3.8, 4) is 0 Å². The van der Waals surface area contributed by atoms with Gasteiger partial charge in [-0.3, -0.25) is 24.2 Å². The van der Waals surface area contributed by atoms with Gasteiger partial charge in [-0.2, -0.15) is 13.2 Å². The van der Waals surface area contributed by atoms with E-state index in [9.17, 15) is 32.3 Å². The van der Waals surface area contributed by atoms with Crippen molar-refractivity contribution in [2.45, 2.75) is 81.8 Å². The van der Waals surface area contributed by atoms with Gasteiger partial charge in [-0.15, -0.1) is 0 Å². The number of carbonyl (C=O) groups excluding carboxylic acids is 4. The summed E-state index contributed by atoms with van der Waals surface area (Å²) >= 11 is 0. The van der Waals surface area contributed by atoms with Crippen LogP contribution in [0.25, 0.3) is 6.08 Å². The first kappa shape index (κ1) is 40.0. The van der Waals surface area contributed by atoms with Crippen molar-refractivity contribution >= 4 is 29.9 Å². The third-order valence-corrected chi connectivity index (χ3v) is 11.8. The molecular formula is C44H50F3N5O5. The van der Waals surface area contributed by atoms with Crippen LogP contribution in [-0.4, -0.2) is 101 Å². The average molecular weight is 786 g/mol. The number of likely N-dealkylation sites (tertiary alicyclic amines) is 1. The smallest absolute Gasteiger partial charge is 0.416 e. The Kier molecular flexibility index (Phi) is 12.6. The molecule has 10 nitrogen and oxygen atoms in total. The lowest BCUT2D eigenvalue weighted by Crippen LogP contribution is -2.74. The number of hydrogen-bond acceptors (Lipinski definition) is 6. The van der Waals surface area contributed by atoms with E-state index < -0.39 is 53.8 Å². The predicted molar refractivity (Wildman–Crippen MR) is 208 cm³/mol. The van der Waals surface area contributed by atoms with Crippen molar-refractivity contribution in [1.29, 1.82) is 0 Å². The third kappa shape index (κ3) is 9.52. The van der Waals surface area contributed by atoms with E-state index in [1.807, 2.05) is 71.6 Å². The number of ether oxygens (including phenoxy) is 1. The fraction of sp³-hybridized carbons (Fsp3) is 0.455. The van der Waals surface area contributed by atoms with Gasteiger partial charge in [0.15, 0.2) is 0 Å². The normalized spacial score (nSPS) is 22.7. The number of carbonyl (C=O) groups is 4. The van der Waals surface area contributed by atoms with Crippen LogP contribution in [0.1, 0.15) is 73.2 Å². The third-order valence-electron chi connectivity index (χ3n) is 11.8. The summed E-state index contributed by atoms with van der Waals surface area (Å²) in [6, 6.07) is 19.9. The lowest BCUT2D eigenvalue weighted by molar-refractivity contribution is -0.163. The largest absolute Gasteiger partial charge is 0.447 e. The Morgan fingerprint density at radius 3 is 2.28 bits per heavy atom. The van der Waals surface area contributed by atoms with Crippen LogP contribution in [-0.2, 0) is 31.8 Å². The van der Waals surface area contributed by atoms with Gasteiger partial charge in [0, 0.05) is 45.7 Å². The Labute approximate surface area is 331 Å². The van der Waals surface area contributed by atoms with Crippen molar-refractivity contribution < 1.29 is 37.1 Å². The molecule has 0 spiro atoms. The number of β-lactam (4-membered cyclic amide) rings is 1. The fourth-order valence-corrected chi connectivity index (χ4v) is 8.70. The summed E-state index contributed by atoms with van der Waals surface area (Å²) < 4.78 is 46.0. The topological polar surface area (TPSA) is 103 Å². The van der Waals surface area contributed by atoms with Crippen LogP contribution in [0.5, 0.6) is 0 Å². The second-order valence-corrected chi connectivity index (χ2v) is 15.5. The molecule has 3 aliphatic heterocycles. The van der Waals surface area contributed by atoms with Gasteiger partial charge in [0.2, 0.25) is 17.7 Å². The van der Waals surface area contributed by atoms with Gasteiger partial charge in [-0.25, -0.2) is 4.79 Å². The second-order valence-electron chi connectivity index (χ2n) is 15.5. The number of hydrogen-bond donors (Lipinski definition) is 1. The number of cyclic esters (lactones) is 1. The summed E-state index contributed by atoms with van der Waals surface area (Å²) in [7, 11) is 0. The zero-order valence-electron chi connectivity index (χ0n) is 32.0. The van der Waals surface area contributed by atoms with Crippen molar-refractivity contribution in [2.24, 2.45) is 5.92 Å². The highest BCUT2D eigenvalue weighted by atomic mass is 19.4. The Morgan fingerprint density at radius 1 is 0.877 bits per heavy atom. The highest BCUT2D eigenvalue weighted by molar-refractivity contribution is 5.98. The van der Waals surface area contributed by atoms with Gasteiger partial charge in [-0.1, -0.05) is 104 Å². The monoisotopic (exact) mass is 785 g/mol. The molecule has 1 N–H and O–H groups in total. The van der Waals surface area contributed by atoms with Crippen molar-refractivity contribution in [3.63, 3.8) is 0 Å². The molecule has 1 saturated carbocycles. The van der Waals surface area contributed by atoms with Gasteiger partial charge < -0.3 is 19.9 Å². The lowest BCUT2D eigenvalue weighted by Gasteiger charge is -2.52. The molecule has 3 heterocycles. The van der Waals surface area contributed by atoms with Crippen LogP contribution in [0.4, 0.5) is 18.0 Å². The minimum atomic E-state index is -4.56. The van der Waals surface area contributed by atoms with Crippen molar-refractivity contribution in [2.75, 3.05) is 39.3 Å².